The number of rotatable bonds is 10. The van der Waals surface area contributed by atoms with Gasteiger partial charge >= 0.3 is 0 Å². The Morgan fingerprint density at radius 1 is 1.06 bits per heavy atom. The van der Waals surface area contributed by atoms with Crippen LogP contribution in [0.2, 0.25) is 0 Å². The molecule has 0 spiro atoms. The number of carbonyl (C=O) groups excluding carboxylic acids is 2. The third-order valence-electron chi connectivity index (χ3n) is 5.21. The predicted octanol–water partition coefficient (Wildman–Crippen LogP) is 3.85. The van der Waals surface area contributed by atoms with Gasteiger partial charge in [-0.05, 0) is 42.5 Å². The molecule has 7 nitrogen and oxygen atoms in total. The fourth-order valence-electron chi connectivity index (χ4n) is 3.35. The summed E-state index contributed by atoms with van der Waals surface area (Å²) in [4.78, 5) is 42.3. The smallest absolute Gasteiger partial charge is 0.262 e. The largest absolute Gasteiger partial charge is 0.346 e. The molecule has 0 aliphatic rings. The van der Waals surface area contributed by atoms with Gasteiger partial charge in [-0.2, -0.15) is 0 Å². The van der Waals surface area contributed by atoms with Gasteiger partial charge in [0.15, 0.2) is 5.16 Å². The van der Waals surface area contributed by atoms with E-state index in [1.165, 1.54) is 11.8 Å². The maximum atomic E-state index is 13.0. The Kier molecular flexibility index (Phi) is 8.65. The highest BCUT2D eigenvalue weighted by atomic mass is 32.2. The monoisotopic (exact) mass is 466 g/mol. The summed E-state index contributed by atoms with van der Waals surface area (Å²) in [7, 11) is 0. The molecule has 0 atom stereocenters. The molecule has 0 unspecified atom stereocenters. The van der Waals surface area contributed by atoms with Crippen LogP contribution in [0, 0.1) is 5.92 Å². The van der Waals surface area contributed by atoms with Crippen molar-refractivity contribution in [3.63, 3.8) is 0 Å². The number of thioether (sulfide) groups is 1. The van der Waals surface area contributed by atoms with E-state index in [4.69, 9.17) is 0 Å². The molecule has 0 bridgehead atoms. The van der Waals surface area contributed by atoms with Crippen LogP contribution in [0.15, 0.2) is 58.5 Å². The van der Waals surface area contributed by atoms with Crippen LogP contribution in [0.5, 0.6) is 0 Å². The molecule has 174 valence electrons. The van der Waals surface area contributed by atoms with E-state index in [2.05, 4.69) is 29.5 Å². The molecule has 0 saturated carbocycles. The number of aryl methyl sites for hydroxylation is 1. The van der Waals surface area contributed by atoms with Gasteiger partial charge in [0.25, 0.3) is 5.56 Å². The maximum absolute atomic E-state index is 13.0. The highest BCUT2D eigenvalue weighted by Crippen LogP contribution is 2.19. The number of fused-ring (bicyclic) bond motifs is 1. The van der Waals surface area contributed by atoms with E-state index in [1.54, 1.807) is 16.7 Å². The van der Waals surface area contributed by atoms with Gasteiger partial charge in [0.05, 0.1) is 23.2 Å². The van der Waals surface area contributed by atoms with E-state index in [9.17, 15) is 14.4 Å². The summed E-state index contributed by atoms with van der Waals surface area (Å²) in [6.07, 6.45) is 1.63. The van der Waals surface area contributed by atoms with Crippen molar-refractivity contribution in [2.45, 2.75) is 45.3 Å². The van der Waals surface area contributed by atoms with Crippen molar-refractivity contribution in [1.82, 2.24) is 14.9 Å². The number of hydrogen-bond acceptors (Lipinski definition) is 5. The Morgan fingerprint density at radius 3 is 2.55 bits per heavy atom. The summed E-state index contributed by atoms with van der Waals surface area (Å²) in [5.74, 6) is -0.0878. The van der Waals surface area contributed by atoms with E-state index in [1.807, 2.05) is 43.3 Å². The molecule has 0 aliphatic carbocycles. The Hall–Kier alpha value is -3.13. The van der Waals surface area contributed by atoms with E-state index < -0.39 is 0 Å². The number of aromatic nitrogens is 2. The van der Waals surface area contributed by atoms with Crippen molar-refractivity contribution in [2.24, 2.45) is 5.92 Å². The third kappa shape index (κ3) is 6.68. The molecule has 2 aromatic carbocycles. The van der Waals surface area contributed by atoms with Gasteiger partial charge < -0.3 is 10.6 Å². The Morgan fingerprint density at radius 2 is 1.79 bits per heavy atom. The number of anilines is 1. The fraction of sp³-hybridized carbons (Fsp3) is 0.360. The molecule has 1 heterocycles. The van der Waals surface area contributed by atoms with Gasteiger partial charge in [-0.1, -0.05) is 62.9 Å². The molecule has 1 aromatic heterocycles. The van der Waals surface area contributed by atoms with Crippen LogP contribution in [0.4, 0.5) is 5.69 Å². The molecule has 8 heteroatoms. The summed E-state index contributed by atoms with van der Waals surface area (Å²) in [6.45, 7) is 6.64. The second-order valence-corrected chi connectivity index (χ2v) is 9.12. The second-order valence-electron chi connectivity index (χ2n) is 8.18. The normalized spacial score (nSPS) is 11.0. The quantitative estimate of drug-likeness (QED) is 0.350. The number of amides is 2. The first kappa shape index (κ1) is 24.5. The van der Waals surface area contributed by atoms with Crippen molar-refractivity contribution in [2.75, 3.05) is 17.6 Å². The summed E-state index contributed by atoms with van der Waals surface area (Å²) in [6, 6.07) is 14.8. The first-order chi connectivity index (χ1) is 15.9. The van der Waals surface area contributed by atoms with Crippen LogP contribution in [-0.4, -0.2) is 33.7 Å². The standard InChI is InChI=1S/C25H30N4O3S/c1-4-18-9-5-7-11-20(18)27-22(30)15-26-23(31)16-33-25-28-21-12-8-6-10-19(21)24(32)29(25)14-13-17(2)3/h5-12,17H,4,13-16H2,1-3H3,(H,26,31)(H,27,30). The minimum absolute atomic E-state index is 0.0608. The molecule has 33 heavy (non-hydrogen) atoms. The van der Waals surface area contributed by atoms with Gasteiger partial charge in [0.2, 0.25) is 11.8 Å². The highest BCUT2D eigenvalue weighted by molar-refractivity contribution is 7.99. The zero-order valence-corrected chi connectivity index (χ0v) is 20.1. The second kappa shape index (κ2) is 11.7. The van der Waals surface area contributed by atoms with E-state index in [0.29, 0.717) is 28.5 Å². The van der Waals surface area contributed by atoms with Crippen LogP contribution >= 0.6 is 11.8 Å². The molecule has 0 aliphatic heterocycles. The van der Waals surface area contributed by atoms with Gasteiger partial charge in [-0.3, -0.25) is 19.0 Å². The zero-order valence-electron chi connectivity index (χ0n) is 19.3. The predicted molar refractivity (Wildman–Crippen MR) is 134 cm³/mol. The lowest BCUT2D eigenvalue weighted by molar-refractivity contribution is -0.122. The molecular weight excluding hydrogens is 436 g/mol. The lowest BCUT2D eigenvalue weighted by Gasteiger charge is -2.14. The Labute approximate surface area is 198 Å². The van der Waals surface area contributed by atoms with Crippen LogP contribution in [0.25, 0.3) is 10.9 Å². The lowest BCUT2D eigenvalue weighted by atomic mass is 10.1. The molecule has 2 amide bonds. The van der Waals surface area contributed by atoms with E-state index in [0.717, 1.165) is 24.1 Å². The van der Waals surface area contributed by atoms with Gasteiger partial charge in [0, 0.05) is 12.2 Å². The number of para-hydroxylation sites is 2. The van der Waals surface area contributed by atoms with Crippen molar-refractivity contribution >= 4 is 40.2 Å². The highest BCUT2D eigenvalue weighted by Gasteiger charge is 2.14. The maximum Gasteiger partial charge on any atom is 0.262 e. The SMILES string of the molecule is CCc1ccccc1NC(=O)CNC(=O)CSc1nc2ccccc2c(=O)n1CCC(C)C. The number of nitrogens with zero attached hydrogens (tertiary/aromatic N) is 2. The number of nitrogens with one attached hydrogen (secondary N) is 2. The van der Waals surface area contributed by atoms with Crippen molar-refractivity contribution < 1.29 is 9.59 Å². The molecule has 2 N–H and O–H groups in total. The summed E-state index contributed by atoms with van der Waals surface area (Å²) in [5.41, 5.74) is 2.30. The molecule has 0 saturated heterocycles. The van der Waals surface area contributed by atoms with Crippen molar-refractivity contribution in [3.05, 3.63) is 64.4 Å². The van der Waals surface area contributed by atoms with Crippen LogP contribution < -0.4 is 16.2 Å². The van der Waals surface area contributed by atoms with E-state index in [-0.39, 0.29) is 29.7 Å². The molecule has 0 radical (unpaired) electrons. The summed E-state index contributed by atoms with van der Waals surface area (Å²) >= 11 is 1.21. The van der Waals surface area contributed by atoms with Gasteiger partial charge in [-0.25, -0.2) is 4.98 Å². The van der Waals surface area contributed by atoms with Gasteiger partial charge in [0.1, 0.15) is 0 Å². The minimum atomic E-state index is -0.295. The average Bonchev–Trinajstić information content (AvgIpc) is 2.81. The average molecular weight is 467 g/mol. The van der Waals surface area contributed by atoms with Crippen LogP contribution in [0.3, 0.4) is 0 Å². The third-order valence-corrected chi connectivity index (χ3v) is 6.18. The molecule has 0 fully saturated rings. The topological polar surface area (TPSA) is 93.1 Å². The number of carbonyl (C=O) groups is 2. The summed E-state index contributed by atoms with van der Waals surface area (Å²) in [5, 5.41) is 6.56. The molecular formula is C25H30N4O3S. The van der Waals surface area contributed by atoms with Crippen LogP contribution in [-0.2, 0) is 22.6 Å². The first-order valence-corrected chi connectivity index (χ1v) is 12.1. The number of benzene rings is 2. The zero-order chi connectivity index (χ0) is 23.8. The summed E-state index contributed by atoms with van der Waals surface area (Å²) < 4.78 is 1.65. The Bertz CT molecular complexity index is 1190. The number of hydrogen-bond donors (Lipinski definition) is 2. The van der Waals surface area contributed by atoms with Crippen LogP contribution in [0.1, 0.15) is 32.8 Å². The van der Waals surface area contributed by atoms with E-state index >= 15 is 0 Å². The Balaban J connectivity index is 1.63. The lowest BCUT2D eigenvalue weighted by Crippen LogP contribution is -2.34. The van der Waals surface area contributed by atoms with Crippen molar-refractivity contribution in [1.29, 1.82) is 0 Å². The van der Waals surface area contributed by atoms with Gasteiger partial charge in [-0.15, -0.1) is 0 Å². The first-order valence-electron chi connectivity index (χ1n) is 11.2. The van der Waals surface area contributed by atoms with Crippen molar-refractivity contribution in [3.8, 4) is 0 Å². The molecule has 3 rings (SSSR count). The molecule has 3 aromatic rings. The fourth-order valence-corrected chi connectivity index (χ4v) is 4.20. The minimum Gasteiger partial charge on any atom is -0.346 e.